The molecule has 0 aliphatic heterocycles. The lowest BCUT2D eigenvalue weighted by Gasteiger charge is -2.24. The number of hydrogen-bond donors (Lipinski definition) is 1. The van der Waals surface area contributed by atoms with E-state index < -0.39 is 5.41 Å². The fourth-order valence-electron chi connectivity index (χ4n) is 2.38. The van der Waals surface area contributed by atoms with E-state index in [9.17, 15) is 4.79 Å². The summed E-state index contributed by atoms with van der Waals surface area (Å²) < 4.78 is 2.10. The van der Waals surface area contributed by atoms with Crippen LogP contribution in [0.1, 0.15) is 19.7 Å². The van der Waals surface area contributed by atoms with Crippen LogP contribution >= 0.6 is 11.6 Å². The van der Waals surface area contributed by atoms with E-state index in [0.717, 1.165) is 16.9 Å². The molecule has 0 aliphatic rings. The number of aryl methyl sites for hydroxylation is 1. The number of nitrogens with one attached hydrogen (secondary N) is 1. The number of carbonyl (C=O) groups excluding carboxylic acids is 1. The number of alkyl halides is 1. The van der Waals surface area contributed by atoms with Gasteiger partial charge in [-0.3, -0.25) is 4.79 Å². The number of carbonyl (C=O) groups is 1. The second kappa shape index (κ2) is 5.83. The van der Waals surface area contributed by atoms with Gasteiger partial charge in [-0.2, -0.15) is 0 Å². The molecule has 0 saturated carbocycles. The highest BCUT2D eigenvalue weighted by molar-refractivity contribution is 6.17. The number of halogens is 1. The monoisotopic (exact) mass is 293 g/mol. The van der Waals surface area contributed by atoms with Crippen LogP contribution in [0.3, 0.4) is 0 Å². The minimum Gasteiger partial charge on any atom is -0.359 e. The van der Waals surface area contributed by atoms with Crippen molar-refractivity contribution in [3.8, 4) is 0 Å². The van der Waals surface area contributed by atoms with Crippen molar-refractivity contribution in [1.82, 2.24) is 14.9 Å². The number of rotatable bonds is 5. The third-order valence-corrected chi connectivity index (χ3v) is 3.64. The quantitative estimate of drug-likeness (QED) is 0.861. The van der Waals surface area contributed by atoms with Crippen molar-refractivity contribution in [3.05, 3.63) is 30.1 Å². The molecule has 1 amide bonds. The van der Waals surface area contributed by atoms with Crippen LogP contribution in [0, 0.1) is 5.41 Å². The van der Waals surface area contributed by atoms with E-state index in [-0.39, 0.29) is 5.91 Å². The topological polar surface area (TPSA) is 46.9 Å². The lowest BCUT2D eigenvalue weighted by molar-refractivity contribution is -0.129. The maximum absolute atomic E-state index is 12.0. The second-order valence-electron chi connectivity index (χ2n) is 5.50. The molecule has 0 bridgehead atoms. The van der Waals surface area contributed by atoms with Crippen LogP contribution in [-0.2, 0) is 17.8 Å². The van der Waals surface area contributed by atoms with Crippen molar-refractivity contribution in [2.75, 3.05) is 12.9 Å². The smallest absolute Gasteiger partial charge is 0.227 e. The summed E-state index contributed by atoms with van der Waals surface area (Å²) in [6.45, 7) is 4.45. The van der Waals surface area contributed by atoms with E-state index in [0.29, 0.717) is 18.8 Å². The maximum Gasteiger partial charge on any atom is 0.227 e. The summed E-state index contributed by atoms with van der Waals surface area (Å²) in [4.78, 5) is 16.6. The van der Waals surface area contributed by atoms with Gasteiger partial charge in [0.15, 0.2) is 0 Å². The minimum absolute atomic E-state index is 0.0205. The molecule has 1 aromatic carbocycles. The summed E-state index contributed by atoms with van der Waals surface area (Å²) in [7, 11) is 1.66. The zero-order chi connectivity index (χ0) is 14.8. The average molecular weight is 294 g/mol. The number of imidazole rings is 1. The first-order chi connectivity index (χ1) is 9.49. The van der Waals surface area contributed by atoms with E-state index >= 15 is 0 Å². The first-order valence-electron chi connectivity index (χ1n) is 6.72. The third kappa shape index (κ3) is 2.80. The number of benzene rings is 1. The molecule has 0 radical (unpaired) electrons. The van der Waals surface area contributed by atoms with Crippen LogP contribution in [0.15, 0.2) is 24.3 Å². The molecular weight excluding hydrogens is 274 g/mol. The van der Waals surface area contributed by atoms with E-state index in [1.54, 1.807) is 7.05 Å². The second-order valence-corrected chi connectivity index (χ2v) is 5.88. The fourth-order valence-corrected chi connectivity index (χ4v) is 2.55. The number of nitrogens with zero attached hydrogens (tertiary/aromatic N) is 2. The standard InChI is InChI=1S/C15H20ClN3O/c1-15(2,14(20)17-3)10-19-12-7-5-4-6-11(12)18-13(19)8-9-16/h4-7H,8-10H2,1-3H3,(H,17,20). The molecule has 4 nitrogen and oxygen atoms in total. The van der Waals surface area contributed by atoms with Gasteiger partial charge in [0.2, 0.25) is 5.91 Å². The Morgan fingerprint density at radius 3 is 2.75 bits per heavy atom. The van der Waals surface area contributed by atoms with Gasteiger partial charge in [0.1, 0.15) is 5.82 Å². The fraction of sp³-hybridized carbons (Fsp3) is 0.467. The largest absolute Gasteiger partial charge is 0.359 e. The summed E-state index contributed by atoms with van der Waals surface area (Å²) in [5, 5.41) is 2.72. The predicted molar refractivity (Wildman–Crippen MR) is 82.0 cm³/mol. The Labute approximate surface area is 124 Å². The summed E-state index contributed by atoms with van der Waals surface area (Å²) in [5.74, 6) is 1.47. The van der Waals surface area contributed by atoms with Gasteiger partial charge in [-0.1, -0.05) is 12.1 Å². The van der Waals surface area contributed by atoms with Crippen LogP contribution in [0.4, 0.5) is 0 Å². The maximum atomic E-state index is 12.0. The Bertz CT molecular complexity index is 619. The SMILES string of the molecule is CNC(=O)C(C)(C)Cn1c(CCCl)nc2ccccc21. The normalized spacial score (nSPS) is 11.8. The highest BCUT2D eigenvalue weighted by atomic mass is 35.5. The summed E-state index contributed by atoms with van der Waals surface area (Å²) in [6.07, 6.45) is 0.695. The lowest BCUT2D eigenvalue weighted by atomic mass is 9.92. The number of aromatic nitrogens is 2. The number of amides is 1. The van der Waals surface area contributed by atoms with Crippen LogP contribution in [0.2, 0.25) is 0 Å². The third-order valence-electron chi connectivity index (χ3n) is 3.45. The lowest BCUT2D eigenvalue weighted by Crippen LogP contribution is -2.38. The van der Waals surface area contributed by atoms with Gasteiger partial charge in [0.05, 0.1) is 16.4 Å². The molecule has 2 rings (SSSR count). The van der Waals surface area contributed by atoms with E-state index in [1.165, 1.54) is 0 Å². The number of hydrogen-bond acceptors (Lipinski definition) is 2. The van der Waals surface area contributed by atoms with Crippen LogP contribution < -0.4 is 5.32 Å². The van der Waals surface area contributed by atoms with Crippen molar-refractivity contribution < 1.29 is 4.79 Å². The van der Waals surface area contributed by atoms with E-state index in [2.05, 4.69) is 14.9 Å². The highest BCUT2D eigenvalue weighted by Crippen LogP contribution is 2.24. The molecule has 5 heteroatoms. The minimum atomic E-state index is -0.501. The van der Waals surface area contributed by atoms with Crippen molar-refractivity contribution >= 4 is 28.5 Å². The van der Waals surface area contributed by atoms with E-state index in [1.807, 2.05) is 38.1 Å². The summed E-state index contributed by atoms with van der Waals surface area (Å²) in [6, 6.07) is 7.96. The molecule has 0 unspecified atom stereocenters. The van der Waals surface area contributed by atoms with E-state index in [4.69, 9.17) is 11.6 Å². The Morgan fingerprint density at radius 1 is 1.40 bits per heavy atom. The molecule has 0 atom stereocenters. The Kier molecular flexibility index (Phi) is 4.33. The Balaban J connectivity index is 2.46. The summed E-state index contributed by atoms with van der Waals surface area (Å²) >= 11 is 5.86. The molecule has 1 N–H and O–H groups in total. The summed E-state index contributed by atoms with van der Waals surface area (Å²) in [5.41, 5.74) is 1.49. The van der Waals surface area contributed by atoms with Gasteiger partial charge < -0.3 is 9.88 Å². The van der Waals surface area contributed by atoms with Crippen LogP contribution in [0.5, 0.6) is 0 Å². The highest BCUT2D eigenvalue weighted by Gasteiger charge is 2.28. The molecule has 0 aliphatic carbocycles. The Hall–Kier alpha value is -1.55. The molecule has 0 saturated heterocycles. The molecule has 1 aromatic heterocycles. The van der Waals surface area contributed by atoms with Gasteiger partial charge in [-0.05, 0) is 26.0 Å². The number of fused-ring (bicyclic) bond motifs is 1. The molecule has 108 valence electrons. The number of para-hydroxylation sites is 2. The first kappa shape index (κ1) is 14.9. The van der Waals surface area contributed by atoms with Gasteiger partial charge >= 0.3 is 0 Å². The average Bonchev–Trinajstić information content (AvgIpc) is 2.76. The van der Waals surface area contributed by atoms with Crippen molar-refractivity contribution in [2.24, 2.45) is 5.41 Å². The van der Waals surface area contributed by atoms with Gasteiger partial charge in [0.25, 0.3) is 0 Å². The van der Waals surface area contributed by atoms with Crippen molar-refractivity contribution in [1.29, 1.82) is 0 Å². The molecule has 0 spiro atoms. The molecule has 1 heterocycles. The molecule has 20 heavy (non-hydrogen) atoms. The van der Waals surface area contributed by atoms with Gasteiger partial charge in [-0.15, -0.1) is 11.6 Å². The van der Waals surface area contributed by atoms with Crippen LogP contribution in [-0.4, -0.2) is 28.4 Å². The van der Waals surface area contributed by atoms with Crippen molar-refractivity contribution in [3.63, 3.8) is 0 Å². The zero-order valence-corrected chi connectivity index (χ0v) is 12.9. The molecule has 0 fully saturated rings. The van der Waals surface area contributed by atoms with Gasteiger partial charge in [0, 0.05) is 25.9 Å². The first-order valence-corrected chi connectivity index (χ1v) is 7.25. The zero-order valence-electron chi connectivity index (χ0n) is 12.1. The Morgan fingerprint density at radius 2 is 2.10 bits per heavy atom. The molecular formula is C15H20ClN3O. The predicted octanol–water partition coefficient (Wildman–Crippen LogP) is 2.59. The van der Waals surface area contributed by atoms with Crippen molar-refractivity contribution in [2.45, 2.75) is 26.8 Å². The molecule has 2 aromatic rings. The van der Waals surface area contributed by atoms with Crippen LogP contribution in [0.25, 0.3) is 11.0 Å². The van der Waals surface area contributed by atoms with Gasteiger partial charge in [-0.25, -0.2) is 4.98 Å².